The van der Waals surface area contributed by atoms with E-state index in [4.69, 9.17) is 25.5 Å². The first-order chi connectivity index (χ1) is 48.6. The van der Waals surface area contributed by atoms with Gasteiger partial charge >= 0.3 is 0 Å². The number of rotatable bonds is 20. The summed E-state index contributed by atoms with van der Waals surface area (Å²) in [5.41, 5.74) is 6.85. The molecule has 0 aliphatic heterocycles. The molecular weight excluding hydrogens is 1290 g/mol. The van der Waals surface area contributed by atoms with Gasteiger partial charge in [-0.05, 0) is 217 Å². The lowest BCUT2D eigenvalue weighted by molar-refractivity contribution is -0.126. The zero-order valence-corrected chi connectivity index (χ0v) is 55.2. The fourth-order valence-electron chi connectivity index (χ4n) is 8.92. The number of benzene rings is 7. The van der Waals surface area contributed by atoms with Crippen LogP contribution in [0, 0.1) is 26.2 Å². The second-order valence-electron chi connectivity index (χ2n) is 22.3. The maximum absolute atomic E-state index is 12.9. The van der Waals surface area contributed by atoms with Crippen LogP contribution in [0.25, 0.3) is 50.4 Å². The van der Waals surface area contributed by atoms with E-state index in [-0.39, 0.29) is 51.7 Å². The van der Waals surface area contributed by atoms with E-state index in [2.05, 4.69) is 49.7 Å². The van der Waals surface area contributed by atoms with Gasteiger partial charge in [0.2, 0.25) is 5.88 Å². The molecule has 101 heavy (non-hydrogen) atoms. The molecule has 0 saturated carbocycles. The molecule has 0 amide bonds. The summed E-state index contributed by atoms with van der Waals surface area (Å²) in [5, 5.41) is 39.3. The molecule has 0 radical (unpaired) electrons. The topological polar surface area (TPSA) is 306 Å². The number of Topliss-reactive ketones (excluding diaryl/α,β-unsaturated/α-hetero) is 4. The van der Waals surface area contributed by atoms with Crippen LogP contribution >= 0.6 is 0 Å². The van der Waals surface area contributed by atoms with Crippen molar-refractivity contribution >= 4 is 28.8 Å². The molecule has 506 valence electrons. The van der Waals surface area contributed by atoms with Crippen LogP contribution < -0.4 is 18.9 Å². The van der Waals surface area contributed by atoms with Crippen molar-refractivity contribution in [1.29, 1.82) is 0 Å². The molecule has 22 nitrogen and oxygen atoms in total. The van der Waals surface area contributed by atoms with Crippen molar-refractivity contribution in [2.24, 2.45) is 0 Å². The predicted octanol–water partition coefficient (Wildman–Crippen LogP) is 14.9. The van der Waals surface area contributed by atoms with Gasteiger partial charge in [-0.3, -0.25) is 19.2 Å². The Balaban J connectivity index is 0.000000157. The summed E-state index contributed by atoms with van der Waals surface area (Å²) in [6.07, 6.45) is 2.80. The number of aromatic nitrogens is 9. The molecule has 7 aromatic carbocycles. The van der Waals surface area contributed by atoms with Crippen LogP contribution in [0.3, 0.4) is 0 Å². The zero-order chi connectivity index (χ0) is 72.0. The Morgan fingerprint density at radius 2 is 0.604 bits per heavy atom. The number of aliphatic hydroxyl groups excluding tert-OH is 4. The van der Waals surface area contributed by atoms with Crippen LogP contribution in [0.2, 0.25) is 0 Å². The molecule has 5 aromatic heterocycles. The molecule has 5 heterocycles. The third-order valence-electron chi connectivity index (χ3n) is 14.4. The Kier molecular flexibility index (Phi) is 25.0. The number of pyridine rings is 1. The van der Waals surface area contributed by atoms with Gasteiger partial charge in [0, 0.05) is 59.3 Å². The Hall–Kier alpha value is -12.9. The standard InChI is InChI=1S/C20H15N3O3.C20H18N2O3.C19H15FN2O3.C19H17N3O3/c1-13(24)19(25)18-11-12-22-20(23-18)14-3-7-16(8-4-14)26-17-9-5-15(21-2)6-10-17;1-13-3-7-16(8-4-13)25-17-9-5-15(6-10-17)20-21-12-11-18(22-20)19(24)14(2)23;1-12(23)18(24)17-10-11-21-19(22-17)13-2-6-15(7-3-13)25-16-8-4-14(20)5-9-16;1-12-3-8-17(21-11-12)25-15-6-4-14(5-7-15)19-20-10-9-16(22-19)18(24)13(2)23/h3-12,19,25H,1H3;3-12,19,24H,1-2H3;2-11,18,24H,1H3;3-11,18,24H,1-2H3/t2*19-;2*18-/m0000/s1. The number of nitrogens with zero attached hydrogens (tertiary/aromatic N) is 10. The van der Waals surface area contributed by atoms with Gasteiger partial charge in [0.05, 0.1) is 29.3 Å². The number of carbonyl (C=O) groups excluding carboxylic acids is 4. The molecule has 0 spiro atoms. The predicted molar refractivity (Wildman–Crippen MR) is 372 cm³/mol. The summed E-state index contributed by atoms with van der Waals surface area (Å²) in [5.74, 6) is 4.87. The minimum absolute atomic E-state index is 0.254. The number of aliphatic hydroxyl groups is 4. The molecule has 0 aliphatic rings. The normalized spacial score (nSPS) is 11.7. The SMILES string of the molecule is CC(=O)[C@H](O)c1ccnc(-c2ccc(Oc3ccc(C)cc3)cc2)n1.CC(=O)[C@H](O)c1ccnc(-c2ccc(Oc3ccc(C)cn3)cc2)n1.CC(=O)[C@H](O)c1ccnc(-c2ccc(Oc3ccc(F)cc3)cc2)n1.[C-]#[N+]c1ccc(Oc2ccc(-c3nccc([C@@H](O)C(C)=O)n3)cc2)cc1. The summed E-state index contributed by atoms with van der Waals surface area (Å²) < 4.78 is 35.7. The summed E-state index contributed by atoms with van der Waals surface area (Å²) in [6, 6.07) is 58.8. The lowest BCUT2D eigenvalue weighted by Crippen LogP contribution is -2.10. The van der Waals surface area contributed by atoms with E-state index in [0.717, 1.165) is 28.0 Å². The summed E-state index contributed by atoms with van der Waals surface area (Å²) >= 11 is 0. The van der Waals surface area contributed by atoms with Crippen molar-refractivity contribution in [3.05, 3.63) is 288 Å². The van der Waals surface area contributed by atoms with Crippen molar-refractivity contribution in [2.75, 3.05) is 0 Å². The van der Waals surface area contributed by atoms with Crippen molar-refractivity contribution in [1.82, 2.24) is 44.9 Å². The molecule has 0 aliphatic carbocycles. The van der Waals surface area contributed by atoms with Crippen molar-refractivity contribution < 1.29 is 62.9 Å². The minimum atomic E-state index is -1.26. The highest BCUT2D eigenvalue weighted by Crippen LogP contribution is 2.31. The quantitative estimate of drug-likeness (QED) is 0.0515. The Labute approximate surface area is 580 Å². The zero-order valence-electron chi connectivity index (χ0n) is 55.2. The lowest BCUT2D eigenvalue weighted by Gasteiger charge is -2.09. The number of halogens is 1. The maximum Gasteiger partial charge on any atom is 0.219 e. The monoisotopic (exact) mass is 1350 g/mol. The fourth-order valence-corrected chi connectivity index (χ4v) is 8.92. The number of hydrogen-bond donors (Lipinski definition) is 4. The van der Waals surface area contributed by atoms with Gasteiger partial charge in [-0.1, -0.05) is 35.9 Å². The third kappa shape index (κ3) is 21.1. The maximum atomic E-state index is 12.9. The highest BCUT2D eigenvalue weighted by Gasteiger charge is 2.20. The number of carbonyl (C=O) groups is 4. The largest absolute Gasteiger partial charge is 0.457 e. The van der Waals surface area contributed by atoms with Gasteiger partial charge in [-0.15, -0.1) is 0 Å². The molecular formula is C78H65FN10O12. The number of aryl methyl sites for hydroxylation is 2. The first kappa shape index (κ1) is 72.4. The van der Waals surface area contributed by atoms with Gasteiger partial charge in [0.25, 0.3) is 0 Å². The average Bonchev–Trinajstić information content (AvgIpc) is 0.857. The van der Waals surface area contributed by atoms with Gasteiger partial charge in [0.15, 0.2) is 76.5 Å². The van der Waals surface area contributed by atoms with E-state index in [1.165, 1.54) is 94.4 Å². The lowest BCUT2D eigenvalue weighted by atomic mass is 10.1. The molecule has 4 N–H and O–H groups in total. The Morgan fingerprint density at radius 1 is 0.347 bits per heavy atom. The fraction of sp³-hybridized carbons (Fsp3) is 0.128. The Bertz CT molecular complexity index is 4460. The van der Waals surface area contributed by atoms with E-state index < -0.39 is 24.4 Å². The van der Waals surface area contributed by atoms with E-state index in [1.807, 2.05) is 80.6 Å². The molecule has 12 aromatic rings. The van der Waals surface area contributed by atoms with E-state index in [0.29, 0.717) is 74.9 Å². The minimum Gasteiger partial charge on any atom is -0.457 e. The van der Waals surface area contributed by atoms with Gasteiger partial charge in [0.1, 0.15) is 46.1 Å². The molecule has 0 saturated heterocycles. The highest BCUT2D eigenvalue weighted by molar-refractivity contribution is 5.83. The molecule has 12 rings (SSSR count). The summed E-state index contributed by atoms with van der Waals surface area (Å²) in [6.45, 7) is 16.2. The number of ketones is 4. The molecule has 0 bridgehead atoms. The van der Waals surface area contributed by atoms with Crippen molar-refractivity contribution in [3.8, 4) is 91.7 Å². The second kappa shape index (κ2) is 34.9. The number of hydrogen-bond acceptors (Lipinski definition) is 21. The molecule has 23 heteroatoms. The van der Waals surface area contributed by atoms with E-state index in [9.17, 15) is 44.0 Å². The van der Waals surface area contributed by atoms with Crippen LogP contribution in [-0.2, 0) is 19.2 Å². The summed E-state index contributed by atoms with van der Waals surface area (Å²) in [7, 11) is 0. The van der Waals surface area contributed by atoms with Crippen molar-refractivity contribution in [3.63, 3.8) is 0 Å². The molecule has 0 unspecified atom stereocenters. The van der Waals surface area contributed by atoms with E-state index >= 15 is 0 Å². The second-order valence-corrected chi connectivity index (χ2v) is 22.3. The van der Waals surface area contributed by atoms with Crippen molar-refractivity contribution in [2.45, 2.75) is 66.0 Å². The molecule has 4 atom stereocenters. The van der Waals surface area contributed by atoms with Crippen LogP contribution in [0.4, 0.5) is 10.1 Å². The Morgan fingerprint density at radius 3 is 0.871 bits per heavy atom. The van der Waals surface area contributed by atoms with E-state index in [1.54, 1.807) is 109 Å². The first-order valence-electron chi connectivity index (χ1n) is 31.1. The summed E-state index contributed by atoms with van der Waals surface area (Å²) in [4.78, 5) is 86.4. The van der Waals surface area contributed by atoms with Crippen LogP contribution in [0.5, 0.6) is 46.1 Å². The smallest absolute Gasteiger partial charge is 0.219 e. The van der Waals surface area contributed by atoms with Crippen LogP contribution in [0.15, 0.2) is 237 Å². The van der Waals surface area contributed by atoms with Crippen LogP contribution in [0.1, 0.15) is 86.0 Å². The number of ether oxygens (including phenoxy) is 4. The van der Waals surface area contributed by atoms with Gasteiger partial charge in [-0.25, -0.2) is 54.1 Å². The third-order valence-corrected chi connectivity index (χ3v) is 14.4. The first-order valence-corrected chi connectivity index (χ1v) is 31.1. The van der Waals surface area contributed by atoms with Crippen LogP contribution in [-0.4, -0.2) is 88.4 Å². The average molecular weight is 1350 g/mol. The highest BCUT2D eigenvalue weighted by atomic mass is 19.1. The van der Waals surface area contributed by atoms with Gasteiger partial charge < -0.3 is 39.4 Å². The van der Waals surface area contributed by atoms with Gasteiger partial charge in [-0.2, -0.15) is 0 Å². The molecule has 0 fully saturated rings.